The Morgan fingerprint density at radius 3 is 2.59 bits per heavy atom. The number of hydrogen-bond acceptors (Lipinski definition) is 5. The van der Waals surface area contributed by atoms with Crippen molar-refractivity contribution < 1.29 is 8.42 Å². The molecule has 154 valence electrons. The standard InChI is InChI=1S/C23H29N3O2S/c1-3-11-24(2)21-6-4-5-20-19-8-7-18(16-22(19)29(27,28)23(20)21)26-15-14-25-12-9-17(26)10-13-25/h4-8,16-17H,3,9-15H2,1-2H3. The number of fused-ring (bicyclic) bond motifs is 7. The Labute approximate surface area is 173 Å². The number of anilines is 2. The highest BCUT2D eigenvalue weighted by atomic mass is 32.2. The molecule has 0 aliphatic carbocycles. The Morgan fingerprint density at radius 2 is 1.83 bits per heavy atom. The summed E-state index contributed by atoms with van der Waals surface area (Å²) in [6, 6.07) is 12.4. The van der Waals surface area contributed by atoms with E-state index in [1.807, 2.05) is 37.4 Å². The summed E-state index contributed by atoms with van der Waals surface area (Å²) in [7, 11) is -1.54. The number of hydrogen-bond donors (Lipinski definition) is 0. The average molecular weight is 412 g/mol. The van der Waals surface area contributed by atoms with E-state index in [2.05, 4.69) is 27.7 Å². The van der Waals surface area contributed by atoms with Crippen LogP contribution < -0.4 is 9.80 Å². The highest BCUT2D eigenvalue weighted by Gasteiger charge is 2.37. The number of nitrogens with zero attached hydrogens (tertiary/aromatic N) is 3. The van der Waals surface area contributed by atoms with Crippen molar-refractivity contribution in [2.75, 3.05) is 49.6 Å². The molecule has 0 amide bonds. The third-order valence-corrected chi connectivity index (χ3v) is 8.65. The molecule has 0 radical (unpaired) electrons. The van der Waals surface area contributed by atoms with E-state index in [4.69, 9.17) is 0 Å². The predicted molar refractivity (Wildman–Crippen MR) is 118 cm³/mol. The molecule has 0 N–H and O–H groups in total. The van der Waals surface area contributed by atoms with Crippen LogP contribution in [0.3, 0.4) is 0 Å². The normalized spacial score (nSPS) is 24.1. The topological polar surface area (TPSA) is 43.9 Å². The zero-order chi connectivity index (χ0) is 20.2. The lowest BCUT2D eigenvalue weighted by Gasteiger charge is -2.33. The number of piperidine rings is 1. The fourth-order valence-corrected chi connectivity index (χ4v) is 7.18. The molecular weight excluding hydrogens is 382 g/mol. The van der Waals surface area contributed by atoms with Gasteiger partial charge >= 0.3 is 0 Å². The first kappa shape index (κ1) is 18.9. The Hall–Kier alpha value is -2.05. The van der Waals surface area contributed by atoms with Gasteiger partial charge in [-0.05, 0) is 37.5 Å². The van der Waals surface area contributed by atoms with Crippen molar-refractivity contribution in [1.29, 1.82) is 0 Å². The minimum absolute atomic E-state index is 0.474. The Bertz CT molecular complexity index is 1040. The van der Waals surface area contributed by atoms with Crippen molar-refractivity contribution in [1.82, 2.24) is 4.90 Å². The van der Waals surface area contributed by atoms with Gasteiger partial charge in [-0.1, -0.05) is 25.1 Å². The molecule has 4 aliphatic rings. The van der Waals surface area contributed by atoms with E-state index in [9.17, 15) is 8.42 Å². The largest absolute Gasteiger partial charge is 0.374 e. The van der Waals surface area contributed by atoms with E-state index >= 15 is 0 Å². The van der Waals surface area contributed by atoms with Gasteiger partial charge in [0.2, 0.25) is 9.84 Å². The molecule has 0 aromatic heterocycles. The van der Waals surface area contributed by atoms with Crippen molar-refractivity contribution in [2.45, 2.75) is 42.0 Å². The quantitative estimate of drug-likeness (QED) is 0.656. The van der Waals surface area contributed by atoms with Crippen LogP contribution in [-0.4, -0.2) is 59.1 Å². The van der Waals surface area contributed by atoms with Gasteiger partial charge in [0, 0.05) is 62.6 Å². The van der Waals surface area contributed by atoms with Crippen LogP contribution >= 0.6 is 0 Å². The number of rotatable bonds is 4. The van der Waals surface area contributed by atoms with E-state index in [-0.39, 0.29) is 0 Å². The van der Waals surface area contributed by atoms with Gasteiger partial charge in [0.25, 0.3) is 0 Å². The summed E-state index contributed by atoms with van der Waals surface area (Å²) in [5.41, 5.74) is 3.55. The minimum atomic E-state index is -3.52. The molecule has 29 heavy (non-hydrogen) atoms. The van der Waals surface area contributed by atoms with E-state index in [1.165, 1.54) is 0 Å². The molecule has 2 bridgehead atoms. The lowest BCUT2D eigenvalue weighted by Crippen LogP contribution is -2.37. The second-order valence-electron chi connectivity index (χ2n) is 8.53. The van der Waals surface area contributed by atoms with Crippen molar-refractivity contribution in [3.8, 4) is 11.1 Å². The summed E-state index contributed by atoms with van der Waals surface area (Å²) in [6.07, 6.45) is 3.30. The van der Waals surface area contributed by atoms with Crippen LogP contribution in [0.15, 0.2) is 46.2 Å². The molecular formula is C23H29N3O2S. The smallest absolute Gasteiger partial charge is 0.209 e. The first-order valence-electron chi connectivity index (χ1n) is 10.7. The third kappa shape index (κ3) is 2.96. The molecule has 0 atom stereocenters. The van der Waals surface area contributed by atoms with E-state index in [1.54, 1.807) is 0 Å². The van der Waals surface area contributed by atoms with E-state index < -0.39 is 9.84 Å². The summed E-state index contributed by atoms with van der Waals surface area (Å²) in [6.45, 7) is 7.29. The van der Waals surface area contributed by atoms with Crippen LogP contribution in [-0.2, 0) is 9.84 Å². The molecule has 4 aliphatic heterocycles. The van der Waals surface area contributed by atoms with Gasteiger partial charge in [0.05, 0.1) is 10.6 Å². The highest BCUT2D eigenvalue weighted by Crippen LogP contribution is 2.48. The highest BCUT2D eigenvalue weighted by molar-refractivity contribution is 7.92. The summed E-state index contributed by atoms with van der Waals surface area (Å²) in [5, 5.41) is 0. The van der Waals surface area contributed by atoms with Gasteiger partial charge in [-0.15, -0.1) is 0 Å². The molecule has 0 spiro atoms. The van der Waals surface area contributed by atoms with Crippen LogP contribution in [0.25, 0.3) is 11.1 Å². The van der Waals surface area contributed by atoms with Crippen LogP contribution in [0.5, 0.6) is 0 Å². The van der Waals surface area contributed by atoms with Gasteiger partial charge in [-0.3, -0.25) is 0 Å². The molecule has 6 heteroatoms. The molecule has 0 unspecified atom stereocenters. The molecule has 3 saturated heterocycles. The van der Waals surface area contributed by atoms with Crippen LogP contribution in [0.2, 0.25) is 0 Å². The van der Waals surface area contributed by atoms with Crippen molar-refractivity contribution in [2.24, 2.45) is 0 Å². The fourth-order valence-electron chi connectivity index (χ4n) is 5.25. The number of benzene rings is 2. The predicted octanol–water partition coefficient (Wildman–Crippen LogP) is 3.63. The maximum absolute atomic E-state index is 13.6. The second kappa shape index (κ2) is 7.03. The molecule has 4 heterocycles. The Balaban J connectivity index is 1.59. The molecule has 6 rings (SSSR count). The van der Waals surface area contributed by atoms with Crippen molar-refractivity contribution in [3.05, 3.63) is 36.4 Å². The first-order chi connectivity index (χ1) is 14.0. The van der Waals surface area contributed by atoms with Gasteiger partial charge in [-0.25, -0.2) is 8.42 Å². The van der Waals surface area contributed by atoms with Crippen molar-refractivity contribution in [3.63, 3.8) is 0 Å². The molecule has 0 saturated carbocycles. The summed E-state index contributed by atoms with van der Waals surface area (Å²) < 4.78 is 27.2. The van der Waals surface area contributed by atoms with E-state index in [0.717, 1.165) is 74.5 Å². The average Bonchev–Trinajstić information content (AvgIpc) is 2.93. The third-order valence-electron chi connectivity index (χ3n) is 6.76. The second-order valence-corrected chi connectivity index (χ2v) is 10.4. The zero-order valence-corrected chi connectivity index (χ0v) is 18.1. The molecule has 2 aromatic rings. The lowest BCUT2D eigenvalue weighted by atomic mass is 10.0. The van der Waals surface area contributed by atoms with Gasteiger partial charge in [0.1, 0.15) is 4.90 Å². The maximum Gasteiger partial charge on any atom is 0.209 e. The summed E-state index contributed by atoms with van der Waals surface area (Å²) in [4.78, 5) is 7.97. The SMILES string of the molecule is CCCN(C)c1cccc2c1S(=O)(=O)c1cc(N3CCN4CCC3CC4)ccc1-2. The number of sulfone groups is 1. The molecule has 3 fully saturated rings. The first-order valence-corrected chi connectivity index (χ1v) is 12.2. The van der Waals surface area contributed by atoms with Crippen LogP contribution in [0, 0.1) is 0 Å². The maximum atomic E-state index is 13.6. The lowest BCUT2D eigenvalue weighted by molar-refractivity contribution is 0.250. The monoisotopic (exact) mass is 411 g/mol. The van der Waals surface area contributed by atoms with Gasteiger partial charge in [0.15, 0.2) is 0 Å². The summed E-state index contributed by atoms with van der Waals surface area (Å²) >= 11 is 0. The van der Waals surface area contributed by atoms with Crippen LogP contribution in [0.4, 0.5) is 11.4 Å². The van der Waals surface area contributed by atoms with Crippen molar-refractivity contribution >= 4 is 21.2 Å². The molecule has 2 aromatic carbocycles. The fraction of sp³-hybridized carbons (Fsp3) is 0.478. The minimum Gasteiger partial charge on any atom is -0.374 e. The summed E-state index contributed by atoms with van der Waals surface area (Å²) in [5.74, 6) is 0. The van der Waals surface area contributed by atoms with Crippen LogP contribution in [0.1, 0.15) is 26.2 Å². The Morgan fingerprint density at radius 1 is 1.03 bits per heavy atom. The van der Waals surface area contributed by atoms with Gasteiger partial charge in [-0.2, -0.15) is 0 Å². The van der Waals surface area contributed by atoms with Gasteiger partial charge < -0.3 is 14.7 Å². The molecule has 5 nitrogen and oxygen atoms in total. The van der Waals surface area contributed by atoms with E-state index in [0.29, 0.717) is 15.8 Å². The zero-order valence-electron chi connectivity index (χ0n) is 17.3. The Kier molecular flexibility index (Phi) is 4.59.